The van der Waals surface area contributed by atoms with Gasteiger partial charge in [0.05, 0.1) is 0 Å². The largest absolute Gasteiger partial charge is 0.0654 e. The van der Waals surface area contributed by atoms with Gasteiger partial charge in [-0.25, -0.2) is 0 Å². The number of hydrogen-bond donors (Lipinski definition) is 0. The van der Waals surface area contributed by atoms with Gasteiger partial charge >= 0.3 is 0 Å². The molecule has 0 aromatic heterocycles. The highest BCUT2D eigenvalue weighted by molar-refractivity contribution is 5.76. The van der Waals surface area contributed by atoms with E-state index in [2.05, 4.69) is 67.6 Å². The SMILES string of the molecule is CCCCCCC1c2ccccc2C=Cc2ccccc21. The van der Waals surface area contributed by atoms with Crippen LogP contribution in [0, 0.1) is 0 Å². The van der Waals surface area contributed by atoms with E-state index >= 15 is 0 Å². The van der Waals surface area contributed by atoms with Crippen molar-refractivity contribution in [2.45, 2.75) is 44.9 Å². The minimum absolute atomic E-state index is 0.546. The first-order valence-corrected chi connectivity index (χ1v) is 8.26. The van der Waals surface area contributed by atoms with Gasteiger partial charge in [0, 0.05) is 5.92 Å². The molecule has 3 rings (SSSR count). The average Bonchev–Trinajstić information content (AvgIpc) is 2.69. The summed E-state index contributed by atoms with van der Waals surface area (Å²) in [5.74, 6) is 0.546. The van der Waals surface area contributed by atoms with Crippen LogP contribution in [-0.2, 0) is 0 Å². The molecule has 0 saturated carbocycles. The van der Waals surface area contributed by atoms with Gasteiger partial charge in [-0.15, -0.1) is 0 Å². The Morgan fingerprint density at radius 3 is 1.86 bits per heavy atom. The van der Waals surface area contributed by atoms with Crippen LogP contribution in [0.1, 0.15) is 67.2 Å². The van der Waals surface area contributed by atoms with Gasteiger partial charge < -0.3 is 0 Å². The summed E-state index contributed by atoms with van der Waals surface area (Å²) in [6, 6.07) is 17.8. The number of hydrogen-bond acceptors (Lipinski definition) is 0. The van der Waals surface area contributed by atoms with Crippen LogP contribution in [0.3, 0.4) is 0 Å². The smallest absolute Gasteiger partial charge is 0.0101 e. The molecule has 0 radical (unpaired) electrons. The highest BCUT2D eigenvalue weighted by Crippen LogP contribution is 2.37. The predicted molar refractivity (Wildman–Crippen MR) is 92.4 cm³/mol. The molecule has 0 N–H and O–H groups in total. The van der Waals surface area contributed by atoms with Crippen LogP contribution in [0.15, 0.2) is 48.5 Å². The second-order valence-corrected chi connectivity index (χ2v) is 5.99. The molecule has 0 saturated heterocycles. The van der Waals surface area contributed by atoms with Crippen LogP contribution in [-0.4, -0.2) is 0 Å². The van der Waals surface area contributed by atoms with Gasteiger partial charge in [0.15, 0.2) is 0 Å². The Bertz CT molecular complexity index is 572. The maximum Gasteiger partial charge on any atom is 0.0101 e. The van der Waals surface area contributed by atoms with Crippen LogP contribution in [0.5, 0.6) is 0 Å². The van der Waals surface area contributed by atoms with E-state index < -0.39 is 0 Å². The van der Waals surface area contributed by atoms with Crippen molar-refractivity contribution in [2.24, 2.45) is 0 Å². The minimum atomic E-state index is 0.546. The summed E-state index contributed by atoms with van der Waals surface area (Å²) >= 11 is 0. The van der Waals surface area contributed by atoms with Gasteiger partial charge in [-0.3, -0.25) is 0 Å². The zero-order chi connectivity index (χ0) is 14.5. The summed E-state index contributed by atoms with van der Waals surface area (Å²) in [4.78, 5) is 0. The molecule has 108 valence electrons. The zero-order valence-corrected chi connectivity index (χ0v) is 12.9. The third-order valence-electron chi connectivity index (χ3n) is 4.53. The lowest BCUT2D eigenvalue weighted by Gasteiger charge is -2.20. The molecule has 0 amide bonds. The fourth-order valence-electron chi connectivity index (χ4n) is 3.39. The monoisotopic (exact) mass is 276 g/mol. The molecule has 0 heterocycles. The second-order valence-electron chi connectivity index (χ2n) is 5.99. The molecular formula is C21H24. The van der Waals surface area contributed by atoms with Gasteiger partial charge in [0.1, 0.15) is 0 Å². The van der Waals surface area contributed by atoms with Gasteiger partial charge in [0.2, 0.25) is 0 Å². The Labute approximate surface area is 128 Å². The first-order valence-electron chi connectivity index (χ1n) is 8.26. The topological polar surface area (TPSA) is 0 Å². The third kappa shape index (κ3) is 3.10. The number of rotatable bonds is 5. The summed E-state index contributed by atoms with van der Waals surface area (Å²) in [5.41, 5.74) is 5.76. The highest BCUT2D eigenvalue weighted by Gasteiger charge is 2.20. The lowest BCUT2D eigenvalue weighted by Crippen LogP contribution is -2.04. The molecule has 21 heavy (non-hydrogen) atoms. The van der Waals surface area contributed by atoms with E-state index in [0.717, 1.165) is 0 Å². The first-order chi connectivity index (χ1) is 10.4. The average molecular weight is 276 g/mol. The molecule has 1 aliphatic rings. The standard InChI is InChI=1S/C21H24/c1-2-3-4-5-14-21-19-12-8-6-10-17(19)15-16-18-11-7-9-13-20(18)21/h6-13,15-16,21H,2-5,14H2,1H3. The molecule has 0 atom stereocenters. The Balaban J connectivity index is 1.94. The minimum Gasteiger partial charge on any atom is -0.0654 e. The Hall–Kier alpha value is -1.82. The summed E-state index contributed by atoms with van der Waals surface area (Å²) in [6.07, 6.45) is 11.1. The molecular weight excluding hydrogens is 252 g/mol. The van der Waals surface area contributed by atoms with E-state index in [1.54, 1.807) is 0 Å². The van der Waals surface area contributed by atoms with Crippen LogP contribution in [0.25, 0.3) is 12.2 Å². The summed E-state index contributed by atoms with van der Waals surface area (Å²) in [6.45, 7) is 2.28. The van der Waals surface area contributed by atoms with Gasteiger partial charge in [-0.2, -0.15) is 0 Å². The lowest BCUT2D eigenvalue weighted by molar-refractivity contribution is 0.596. The predicted octanol–water partition coefficient (Wildman–Crippen LogP) is 6.27. The molecule has 2 aromatic carbocycles. The maximum atomic E-state index is 2.31. The van der Waals surface area contributed by atoms with Crippen molar-refractivity contribution in [3.8, 4) is 0 Å². The van der Waals surface area contributed by atoms with E-state index in [1.165, 1.54) is 54.4 Å². The number of unbranched alkanes of at least 4 members (excludes halogenated alkanes) is 3. The van der Waals surface area contributed by atoms with E-state index in [4.69, 9.17) is 0 Å². The fraction of sp³-hybridized carbons (Fsp3) is 0.333. The number of benzene rings is 2. The molecule has 0 spiro atoms. The van der Waals surface area contributed by atoms with E-state index in [1.807, 2.05) is 0 Å². The second kappa shape index (κ2) is 6.76. The van der Waals surface area contributed by atoms with Crippen LogP contribution in [0.4, 0.5) is 0 Å². The van der Waals surface area contributed by atoms with Crippen molar-refractivity contribution in [1.82, 2.24) is 0 Å². The summed E-state index contributed by atoms with van der Waals surface area (Å²) < 4.78 is 0. The van der Waals surface area contributed by atoms with E-state index in [-0.39, 0.29) is 0 Å². The lowest BCUT2D eigenvalue weighted by atomic mass is 9.84. The van der Waals surface area contributed by atoms with Crippen molar-refractivity contribution in [3.05, 3.63) is 70.8 Å². The Morgan fingerprint density at radius 1 is 0.714 bits per heavy atom. The number of fused-ring (bicyclic) bond motifs is 2. The van der Waals surface area contributed by atoms with Crippen molar-refractivity contribution in [3.63, 3.8) is 0 Å². The van der Waals surface area contributed by atoms with Crippen molar-refractivity contribution < 1.29 is 0 Å². The third-order valence-corrected chi connectivity index (χ3v) is 4.53. The zero-order valence-electron chi connectivity index (χ0n) is 12.9. The molecule has 0 nitrogen and oxygen atoms in total. The quantitative estimate of drug-likeness (QED) is 0.564. The van der Waals surface area contributed by atoms with Gasteiger partial charge in [0.25, 0.3) is 0 Å². The van der Waals surface area contributed by atoms with Crippen LogP contribution >= 0.6 is 0 Å². The molecule has 2 aromatic rings. The van der Waals surface area contributed by atoms with Crippen molar-refractivity contribution >= 4 is 12.2 Å². The van der Waals surface area contributed by atoms with Crippen molar-refractivity contribution in [2.75, 3.05) is 0 Å². The normalized spacial score (nSPS) is 13.6. The molecule has 0 bridgehead atoms. The molecule has 0 aliphatic heterocycles. The van der Waals surface area contributed by atoms with E-state index in [0.29, 0.717) is 5.92 Å². The molecule has 0 fully saturated rings. The summed E-state index contributed by atoms with van der Waals surface area (Å²) in [7, 11) is 0. The van der Waals surface area contributed by atoms with Crippen LogP contribution < -0.4 is 0 Å². The molecule has 0 unspecified atom stereocenters. The first kappa shape index (κ1) is 14.1. The maximum absolute atomic E-state index is 2.31. The fourth-order valence-corrected chi connectivity index (χ4v) is 3.39. The van der Waals surface area contributed by atoms with E-state index in [9.17, 15) is 0 Å². The van der Waals surface area contributed by atoms with Gasteiger partial charge in [-0.05, 0) is 28.7 Å². The van der Waals surface area contributed by atoms with Crippen LogP contribution in [0.2, 0.25) is 0 Å². The molecule has 1 aliphatic carbocycles. The Kier molecular flexibility index (Phi) is 4.55. The van der Waals surface area contributed by atoms with Gasteiger partial charge in [-0.1, -0.05) is 93.3 Å². The van der Waals surface area contributed by atoms with Crippen molar-refractivity contribution in [1.29, 1.82) is 0 Å². The Morgan fingerprint density at radius 2 is 1.29 bits per heavy atom. The molecule has 0 heteroatoms. The highest BCUT2D eigenvalue weighted by atomic mass is 14.2. The summed E-state index contributed by atoms with van der Waals surface area (Å²) in [5, 5.41) is 0.